The van der Waals surface area contributed by atoms with E-state index in [1.54, 1.807) is 0 Å². The van der Waals surface area contributed by atoms with E-state index in [4.69, 9.17) is 5.11 Å². The summed E-state index contributed by atoms with van der Waals surface area (Å²) in [5.41, 5.74) is 2.63. The topological polar surface area (TPSA) is 37.3 Å². The van der Waals surface area contributed by atoms with Gasteiger partial charge in [-0.3, -0.25) is 4.79 Å². The van der Waals surface area contributed by atoms with E-state index in [2.05, 4.69) is 12.1 Å². The van der Waals surface area contributed by atoms with E-state index in [-0.39, 0.29) is 5.92 Å². The van der Waals surface area contributed by atoms with Crippen LogP contribution in [0.4, 0.5) is 0 Å². The van der Waals surface area contributed by atoms with Gasteiger partial charge in [-0.15, -0.1) is 0 Å². The van der Waals surface area contributed by atoms with Crippen molar-refractivity contribution in [3.05, 3.63) is 35.4 Å². The van der Waals surface area contributed by atoms with Gasteiger partial charge in [0.1, 0.15) is 0 Å². The minimum Gasteiger partial charge on any atom is -0.481 e. The van der Waals surface area contributed by atoms with Crippen molar-refractivity contribution in [1.29, 1.82) is 0 Å². The number of carbonyl (C=O) groups is 1. The first-order valence-corrected chi connectivity index (χ1v) is 4.59. The zero-order valence-corrected chi connectivity index (χ0v) is 7.10. The molecule has 1 aromatic rings. The van der Waals surface area contributed by atoms with Gasteiger partial charge in [-0.2, -0.15) is 0 Å². The molecule has 0 aromatic heterocycles. The molecule has 2 nitrogen and oxygen atoms in total. The van der Waals surface area contributed by atoms with E-state index in [9.17, 15) is 4.79 Å². The summed E-state index contributed by atoms with van der Waals surface area (Å²) >= 11 is 0. The molecule has 3 atom stereocenters. The summed E-state index contributed by atoms with van der Waals surface area (Å²) in [5.74, 6) is 0.0167. The maximum Gasteiger partial charge on any atom is 0.307 e. The minimum atomic E-state index is -0.621. The van der Waals surface area contributed by atoms with Gasteiger partial charge in [-0.25, -0.2) is 0 Å². The zero-order chi connectivity index (χ0) is 9.00. The number of carboxylic acid groups (broad SMARTS) is 1. The fraction of sp³-hybridized carbons (Fsp3) is 0.364. The molecular formula is C11H10O2. The number of fused-ring (bicyclic) bond motifs is 3. The molecule has 0 spiro atoms. The van der Waals surface area contributed by atoms with Gasteiger partial charge in [0.25, 0.3) is 0 Å². The monoisotopic (exact) mass is 174 g/mol. The highest BCUT2D eigenvalue weighted by Gasteiger charge is 2.59. The Labute approximate surface area is 76.2 Å². The predicted octanol–water partition coefficient (Wildman–Crippen LogP) is 1.66. The van der Waals surface area contributed by atoms with Gasteiger partial charge in [0, 0.05) is 5.92 Å². The Bertz CT molecular complexity index is 383. The van der Waals surface area contributed by atoms with Gasteiger partial charge in [0.2, 0.25) is 0 Å². The number of aliphatic carboxylic acids is 1. The van der Waals surface area contributed by atoms with Crippen molar-refractivity contribution in [2.24, 2.45) is 11.8 Å². The number of hydrogen-bond donors (Lipinski definition) is 1. The Kier molecular flexibility index (Phi) is 1.17. The highest BCUT2D eigenvalue weighted by molar-refractivity contribution is 5.77. The van der Waals surface area contributed by atoms with E-state index >= 15 is 0 Å². The maximum absolute atomic E-state index is 10.8. The van der Waals surface area contributed by atoms with Gasteiger partial charge < -0.3 is 5.11 Å². The number of carboxylic acids is 1. The molecule has 2 aliphatic rings. The van der Waals surface area contributed by atoms with Crippen LogP contribution in [0.3, 0.4) is 0 Å². The summed E-state index contributed by atoms with van der Waals surface area (Å²) in [4.78, 5) is 10.8. The minimum absolute atomic E-state index is 0.0881. The first kappa shape index (κ1) is 7.13. The summed E-state index contributed by atoms with van der Waals surface area (Å²) in [7, 11) is 0. The normalized spacial score (nSPS) is 33.7. The Morgan fingerprint density at radius 3 is 2.92 bits per heavy atom. The molecule has 66 valence electrons. The Morgan fingerprint density at radius 1 is 1.38 bits per heavy atom. The molecule has 2 aliphatic carbocycles. The highest BCUT2D eigenvalue weighted by atomic mass is 16.4. The van der Waals surface area contributed by atoms with Crippen LogP contribution in [0.5, 0.6) is 0 Å². The van der Waals surface area contributed by atoms with Crippen LogP contribution in [-0.4, -0.2) is 11.1 Å². The Balaban J connectivity index is 1.99. The van der Waals surface area contributed by atoms with Crippen molar-refractivity contribution in [1.82, 2.24) is 0 Å². The molecule has 0 unspecified atom stereocenters. The van der Waals surface area contributed by atoms with Gasteiger partial charge >= 0.3 is 5.97 Å². The van der Waals surface area contributed by atoms with E-state index in [1.165, 1.54) is 11.1 Å². The third kappa shape index (κ3) is 0.804. The SMILES string of the molecule is O=C(O)[C@H]1[C@@H]2Cc3ccccc3[C@@H]21. The van der Waals surface area contributed by atoms with Crippen LogP contribution >= 0.6 is 0 Å². The van der Waals surface area contributed by atoms with E-state index in [0.29, 0.717) is 11.8 Å². The first-order valence-electron chi connectivity index (χ1n) is 4.59. The summed E-state index contributed by atoms with van der Waals surface area (Å²) in [6, 6.07) is 8.21. The second-order valence-electron chi connectivity index (χ2n) is 3.96. The fourth-order valence-electron chi connectivity index (χ4n) is 2.69. The standard InChI is InChI=1S/C11H10O2/c12-11(13)10-8-5-6-3-1-2-4-7(6)9(8)10/h1-4,8-10H,5H2,(H,12,13)/t8-,9+,10+/m1/s1. The van der Waals surface area contributed by atoms with Crippen LogP contribution in [0, 0.1) is 11.8 Å². The molecule has 1 N–H and O–H groups in total. The van der Waals surface area contributed by atoms with E-state index < -0.39 is 5.97 Å². The summed E-state index contributed by atoms with van der Waals surface area (Å²) in [6.07, 6.45) is 0.970. The molecule has 0 saturated heterocycles. The predicted molar refractivity (Wildman–Crippen MR) is 47.5 cm³/mol. The van der Waals surface area contributed by atoms with Crippen molar-refractivity contribution >= 4 is 5.97 Å². The van der Waals surface area contributed by atoms with Crippen LogP contribution in [0.1, 0.15) is 17.0 Å². The molecule has 1 aromatic carbocycles. The molecule has 1 saturated carbocycles. The van der Waals surface area contributed by atoms with Crippen LogP contribution in [-0.2, 0) is 11.2 Å². The Hall–Kier alpha value is -1.31. The zero-order valence-electron chi connectivity index (χ0n) is 7.10. The third-order valence-corrected chi connectivity index (χ3v) is 3.32. The number of rotatable bonds is 1. The van der Waals surface area contributed by atoms with Crippen molar-refractivity contribution in [3.63, 3.8) is 0 Å². The molecule has 0 aliphatic heterocycles. The van der Waals surface area contributed by atoms with Crippen LogP contribution in [0.2, 0.25) is 0 Å². The number of benzene rings is 1. The summed E-state index contributed by atoms with van der Waals surface area (Å²) in [6.45, 7) is 0. The molecule has 2 heteroatoms. The van der Waals surface area contributed by atoms with Gasteiger partial charge in [0.15, 0.2) is 0 Å². The lowest BCUT2D eigenvalue weighted by Crippen LogP contribution is -2.04. The molecular weight excluding hydrogens is 164 g/mol. The van der Waals surface area contributed by atoms with Crippen molar-refractivity contribution in [2.75, 3.05) is 0 Å². The van der Waals surface area contributed by atoms with Crippen LogP contribution in [0.25, 0.3) is 0 Å². The molecule has 0 bridgehead atoms. The van der Waals surface area contributed by atoms with E-state index in [0.717, 1.165) is 6.42 Å². The smallest absolute Gasteiger partial charge is 0.307 e. The fourth-order valence-corrected chi connectivity index (χ4v) is 2.69. The largest absolute Gasteiger partial charge is 0.481 e. The third-order valence-electron chi connectivity index (χ3n) is 3.32. The van der Waals surface area contributed by atoms with E-state index in [1.807, 2.05) is 12.1 Å². The molecule has 13 heavy (non-hydrogen) atoms. The average Bonchev–Trinajstić information content (AvgIpc) is 2.71. The van der Waals surface area contributed by atoms with Crippen molar-refractivity contribution in [3.8, 4) is 0 Å². The van der Waals surface area contributed by atoms with Gasteiger partial charge in [0.05, 0.1) is 5.92 Å². The average molecular weight is 174 g/mol. The molecule has 0 amide bonds. The van der Waals surface area contributed by atoms with Gasteiger partial charge in [-0.05, 0) is 23.5 Å². The lowest BCUT2D eigenvalue weighted by Gasteiger charge is -2.03. The lowest BCUT2D eigenvalue weighted by atomic mass is 10.0. The lowest BCUT2D eigenvalue weighted by molar-refractivity contribution is -0.139. The van der Waals surface area contributed by atoms with Crippen molar-refractivity contribution in [2.45, 2.75) is 12.3 Å². The second-order valence-corrected chi connectivity index (χ2v) is 3.96. The van der Waals surface area contributed by atoms with Crippen molar-refractivity contribution < 1.29 is 9.90 Å². The highest BCUT2D eigenvalue weighted by Crippen LogP contribution is 2.61. The Morgan fingerprint density at radius 2 is 2.15 bits per heavy atom. The summed E-state index contributed by atoms with van der Waals surface area (Å²) < 4.78 is 0. The van der Waals surface area contributed by atoms with Crippen LogP contribution in [0.15, 0.2) is 24.3 Å². The molecule has 3 rings (SSSR count). The molecule has 1 fully saturated rings. The summed E-state index contributed by atoms with van der Waals surface area (Å²) in [5, 5.41) is 8.88. The maximum atomic E-state index is 10.8. The first-order chi connectivity index (χ1) is 6.29. The molecule has 0 radical (unpaired) electrons. The van der Waals surface area contributed by atoms with Crippen LogP contribution < -0.4 is 0 Å². The molecule has 0 heterocycles. The number of hydrogen-bond acceptors (Lipinski definition) is 1. The second kappa shape index (κ2) is 2.13. The van der Waals surface area contributed by atoms with Gasteiger partial charge in [-0.1, -0.05) is 24.3 Å². The quantitative estimate of drug-likeness (QED) is 0.703.